The highest BCUT2D eigenvalue weighted by atomic mass is 16.4. The van der Waals surface area contributed by atoms with Gasteiger partial charge in [0.15, 0.2) is 0 Å². The molecular weight excluding hydrogens is 152 g/mol. The number of amides is 1. The second-order valence-corrected chi connectivity index (χ2v) is 2.20. The Kier molecular flexibility index (Phi) is 2.97. The van der Waals surface area contributed by atoms with Crippen molar-refractivity contribution < 1.29 is 19.8 Å². The number of nitrogens with two attached hydrogens (primary N) is 2. The molecule has 0 spiro atoms. The molecule has 0 aromatic rings. The van der Waals surface area contributed by atoms with Gasteiger partial charge in [-0.2, -0.15) is 0 Å². The van der Waals surface area contributed by atoms with Crippen LogP contribution in [0.3, 0.4) is 0 Å². The lowest BCUT2D eigenvalue weighted by atomic mass is 10.1. The molecule has 0 heterocycles. The Labute approximate surface area is 62.8 Å². The van der Waals surface area contributed by atoms with Crippen molar-refractivity contribution in [1.82, 2.24) is 0 Å². The van der Waals surface area contributed by atoms with Crippen LogP contribution >= 0.6 is 0 Å². The van der Waals surface area contributed by atoms with Gasteiger partial charge in [0.05, 0.1) is 0 Å². The van der Waals surface area contributed by atoms with E-state index in [4.69, 9.17) is 21.7 Å². The minimum Gasteiger partial charge on any atom is -0.478 e. The smallest absolute Gasteiger partial charge is 0.351 e. The Morgan fingerprint density at radius 3 is 2.18 bits per heavy atom. The number of carboxylic acid groups (broad SMARTS) is 1. The lowest BCUT2D eigenvalue weighted by Crippen LogP contribution is -2.48. The Balaban J connectivity index is 3.92. The van der Waals surface area contributed by atoms with Gasteiger partial charge in [0.1, 0.15) is 0 Å². The van der Waals surface area contributed by atoms with Gasteiger partial charge in [0, 0.05) is 12.8 Å². The molecule has 1 amide bonds. The summed E-state index contributed by atoms with van der Waals surface area (Å²) in [5, 5.41) is 17.0. The van der Waals surface area contributed by atoms with Crippen molar-refractivity contribution in [1.29, 1.82) is 0 Å². The van der Waals surface area contributed by atoms with Crippen LogP contribution in [0.15, 0.2) is 0 Å². The number of aliphatic hydroxyl groups is 1. The maximum absolute atomic E-state index is 10.1. The number of rotatable bonds is 4. The van der Waals surface area contributed by atoms with Crippen LogP contribution in [0.4, 0.5) is 0 Å². The van der Waals surface area contributed by atoms with Crippen molar-refractivity contribution >= 4 is 11.9 Å². The van der Waals surface area contributed by atoms with Crippen molar-refractivity contribution in [2.75, 3.05) is 0 Å². The maximum atomic E-state index is 10.1. The fraction of sp³-hybridized carbons (Fsp3) is 0.600. The van der Waals surface area contributed by atoms with Gasteiger partial charge in [0.2, 0.25) is 11.6 Å². The van der Waals surface area contributed by atoms with Crippen LogP contribution in [0.2, 0.25) is 0 Å². The SMILES string of the molecule is NC(=O)CC[C@@](N)(O)C(=O)O. The van der Waals surface area contributed by atoms with Crippen LogP contribution in [-0.2, 0) is 9.59 Å². The summed E-state index contributed by atoms with van der Waals surface area (Å²) in [5.74, 6) is -2.27. The van der Waals surface area contributed by atoms with E-state index >= 15 is 0 Å². The molecule has 0 aromatic carbocycles. The molecule has 0 bridgehead atoms. The summed E-state index contributed by atoms with van der Waals surface area (Å²) in [7, 11) is 0. The topological polar surface area (TPSA) is 127 Å². The number of carboxylic acids is 1. The molecule has 6 N–H and O–H groups in total. The first-order valence-corrected chi connectivity index (χ1v) is 2.89. The van der Waals surface area contributed by atoms with E-state index in [2.05, 4.69) is 0 Å². The minimum absolute atomic E-state index is 0.251. The van der Waals surface area contributed by atoms with E-state index in [1.807, 2.05) is 0 Å². The average Bonchev–Trinajstić information content (AvgIpc) is 1.84. The second-order valence-electron chi connectivity index (χ2n) is 2.20. The van der Waals surface area contributed by atoms with Crippen molar-refractivity contribution in [2.24, 2.45) is 11.5 Å². The van der Waals surface area contributed by atoms with Gasteiger partial charge in [0.25, 0.3) is 0 Å². The van der Waals surface area contributed by atoms with Gasteiger partial charge in [-0.3, -0.25) is 10.5 Å². The van der Waals surface area contributed by atoms with Crippen LogP contribution in [0.1, 0.15) is 12.8 Å². The number of hydrogen-bond acceptors (Lipinski definition) is 4. The number of primary amides is 1. The molecule has 0 aromatic heterocycles. The molecule has 0 radical (unpaired) electrons. The molecule has 1 atom stereocenters. The maximum Gasteiger partial charge on any atom is 0.351 e. The molecule has 0 aliphatic heterocycles. The third-order valence-electron chi connectivity index (χ3n) is 1.12. The van der Waals surface area contributed by atoms with E-state index < -0.39 is 17.6 Å². The highest BCUT2D eigenvalue weighted by molar-refractivity contribution is 5.78. The molecule has 0 unspecified atom stereocenters. The van der Waals surface area contributed by atoms with E-state index in [0.717, 1.165) is 0 Å². The van der Waals surface area contributed by atoms with Gasteiger partial charge in [-0.05, 0) is 0 Å². The highest BCUT2D eigenvalue weighted by Crippen LogP contribution is 2.04. The van der Waals surface area contributed by atoms with Gasteiger partial charge in [-0.15, -0.1) is 0 Å². The van der Waals surface area contributed by atoms with Crippen LogP contribution in [0, 0.1) is 0 Å². The molecule has 0 aliphatic carbocycles. The average molecular weight is 162 g/mol. The molecule has 0 rings (SSSR count). The normalized spacial score (nSPS) is 15.5. The quantitative estimate of drug-likeness (QED) is 0.355. The van der Waals surface area contributed by atoms with E-state index in [9.17, 15) is 9.59 Å². The molecular formula is C5H10N2O4. The van der Waals surface area contributed by atoms with Crippen molar-refractivity contribution in [3.63, 3.8) is 0 Å². The van der Waals surface area contributed by atoms with E-state index in [1.165, 1.54) is 0 Å². The first kappa shape index (κ1) is 9.86. The summed E-state index contributed by atoms with van der Waals surface area (Å²) in [5.41, 5.74) is 7.21. The van der Waals surface area contributed by atoms with Crippen LogP contribution in [0.25, 0.3) is 0 Å². The van der Waals surface area contributed by atoms with E-state index in [0.29, 0.717) is 0 Å². The Hall–Kier alpha value is -1.14. The fourth-order valence-corrected chi connectivity index (χ4v) is 0.421. The number of aliphatic carboxylic acids is 1. The summed E-state index contributed by atoms with van der Waals surface area (Å²) in [6.45, 7) is 0. The lowest BCUT2D eigenvalue weighted by molar-refractivity contribution is -0.158. The second kappa shape index (κ2) is 3.31. The molecule has 6 heteroatoms. The molecule has 0 fully saturated rings. The molecule has 0 saturated carbocycles. The lowest BCUT2D eigenvalue weighted by Gasteiger charge is -2.15. The summed E-state index contributed by atoms with van der Waals surface area (Å²) >= 11 is 0. The third-order valence-corrected chi connectivity index (χ3v) is 1.12. The van der Waals surface area contributed by atoms with Gasteiger partial charge in [-0.1, -0.05) is 0 Å². The summed E-state index contributed by atoms with van der Waals surface area (Å²) in [6.07, 6.45) is -0.628. The van der Waals surface area contributed by atoms with Crippen LogP contribution in [0.5, 0.6) is 0 Å². The highest BCUT2D eigenvalue weighted by Gasteiger charge is 2.30. The predicted octanol–water partition coefficient (Wildman–Crippen LogP) is -2.02. The summed E-state index contributed by atoms with van der Waals surface area (Å²) < 4.78 is 0. The molecule has 0 aliphatic rings. The Morgan fingerprint density at radius 2 is 1.91 bits per heavy atom. The predicted molar refractivity (Wildman–Crippen MR) is 35.2 cm³/mol. The zero-order valence-electron chi connectivity index (χ0n) is 5.78. The molecule has 6 nitrogen and oxygen atoms in total. The van der Waals surface area contributed by atoms with E-state index in [1.54, 1.807) is 0 Å². The number of hydrogen-bond donors (Lipinski definition) is 4. The standard InChI is InChI=1S/C5H10N2O4/c6-3(8)1-2-5(7,11)4(9)10/h11H,1-2,7H2,(H2,6,8)(H,9,10)/t5-/m1/s1. The first-order valence-electron chi connectivity index (χ1n) is 2.89. The minimum atomic E-state index is -2.35. The zero-order valence-corrected chi connectivity index (χ0v) is 5.78. The van der Waals surface area contributed by atoms with Gasteiger partial charge < -0.3 is 15.9 Å². The number of carbonyl (C=O) groups excluding carboxylic acids is 1. The van der Waals surface area contributed by atoms with Crippen LogP contribution < -0.4 is 11.5 Å². The Morgan fingerprint density at radius 1 is 1.45 bits per heavy atom. The molecule has 64 valence electrons. The zero-order chi connectivity index (χ0) is 9.07. The van der Waals surface area contributed by atoms with Crippen LogP contribution in [-0.4, -0.2) is 27.8 Å². The van der Waals surface area contributed by atoms with Crippen molar-refractivity contribution in [2.45, 2.75) is 18.6 Å². The largest absolute Gasteiger partial charge is 0.478 e. The summed E-state index contributed by atoms with van der Waals surface area (Å²) in [6, 6.07) is 0. The van der Waals surface area contributed by atoms with Crippen molar-refractivity contribution in [3.05, 3.63) is 0 Å². The fourth-order valence-electron chi connectivity index (χ4n) is 0.421. The monoisotopic (exact) mass is 162 g/mol. The molecule has 11 heavy (non-hydrogen) atoms. The van der Waals surface area contributed by atoms with E-state index in [-0.39, 0.29) is 12.8 Å². The Bertz CT molecular complexity index is 177. The third kappa shape index (κ3) is 3.54. The first-order chi connectivity index (χ1) is 4.86. The van der Waals surface area contributed by atoms with Crippen molar-refractivity contribution in [3.8, 4) is 0 Å². The van der Waals surface area contributed by atoms with Gasteiger partial charge >= 0.3 is 5.97 Å². The number of carbonyl (C=O) groups is 2. The summed E-state index contributed by atoms with van der Waals surface area (Å²) in [4.78, 5) is 20.2. The molecule has 0 saturated heterocycles. The van der Waals surface area contributed by atoms with Gasteiger partial charge in [-0.25, -0.2) is 4.79 Å².